The van der Waals surface area contributed by atoms with Crippen LogP contribution in [-0.4, -0.2) is 30.5 Å². The lowest BCUT2D eigenvalue weighted by molar-refractivity contribution is -0.131. The molecule has 0 spiro atoms. The van der Waals surface area contributed by atoms with Crippen molar-refractivity contribution < 1.29 is 9.53 Å². The summed E-state index contributed by atoms with van der Waals surface area (Å²) in [6, 6.07) is 7.32. The van der Waals surface area contributed by atoms with E-state index in [4.69, 9.17) is 10.5 Å². The Morgan fingerprint density at radius 3 is 2.67 bits per heavy atom. The lowest BCUT2D eigenvalue weighted by Crippen LogP contribution is -2.30. The van der Waals surface area contributed by atoms with Crippen LogP contribution in [0.3, 0.4) is 0 Å². The minimum absolute atomic E-state index is 0.191. The number of ether oxygens (including phenoxy) is 1. The normalized spacial score (nSPS) is 10.1. The van der Waals surface area contributed by atoms with Crippen LogP contribution in [0.1, 0.15) is 26.7 Å². The first kappa shape index (κ1) is 14.4. The fourth-order valence-electron chi connectivity index (χ4n) is 1.75. The number of anilines is 1. The Morgan fingerprint density at radius 1 is 1.33 bits per heavy atom. The second-order valence-corrected chi connectivity index (χ2v) is 4.09. The van der Waals surface area contributed by atoms with Crippen molar-refractivity contribution in [1.29, 1.82) is 0 Å². The molecule has 0 radical (unpaired) electrons. The van der Waals surface area contributed by atoms with Gasteiger partial charge in [-0.3, -0.25) is 4.79 Å². The number of rotatable bonds is 7. The maximum absolute atomic E-state index is 11.7. The minimum Gasteiger partial charge on any atom is -0.494 e. The first-order valence-electron chi connectivity index (χ1n) is 6.43. The highest BCUT2D eigenvalue weighted by molar-refractivity contribution is 5.76. The number of carbonyl (C=O) groups is 1. The Labute approximate surface area is 109 Å². The Bertz CT molecular complexity index is 376. The first-order valence-corrected chi connectivity index (χ1v) is 6.43. The smallest absolute Gasteiger partial charge is 0.222 e. The van der Waals surface area contributed by atoms with Crippen LogP contribution in [-0.2, 0) is 4.79 Å². The third-order valence-corrected chi connectivity index (χ3v) is 2.78. The molecule has 1 aromatic rings. The summed E-state index contributed by atoms with van der Waals surface area (Å²) in [6.45, 7) is 6.06. The van der Waals surface area contributed by atoms with Crippen LogP contribution in [0.25, 0.3) is 0 Å². The van der Waals surface area contributed by atoms with Gasteiger partial charge in [-0.1, -0.05) is 6.07 Å². The number of benzene rings is 1. The molecule has 1 rings (SSSR count). The van der Waals surface area contributed by atoms with Gasteiger partial charge < -0.3 is 15.4 Å². The van der Waals surface area contributed by atoms with Gasteiger partial charge in [0, 0.05) is 31.3 Å². The van der Waals surface area contributed by atoms with Gasteiger partial charge >= 0.3 is 0 Å². The summed E-state index contributed by atoms with van der Waals surface area (Å²) >= 11 is 0. The Morgan fingerprint density at radius 2 is 2.06 bits per heavy atom. The van der Waals surface area contributed by atoms with E-state index in [1.807, 2.05) is 36.9 Å². The van der Waals surface area contributed by atoms with Crippen LogP contribution in [0.15, 0.2) is 24.3 Å². The molecule has 0 aliphatic carbocycles. The monoisotopic (exact) mass is 250 g/mol. The maximum atomic E-state index is 11.7. The van der Waals surface area contributed by atoms with Crippen LogP contribution in [0, 0.1) is 0 Å². The predicted octanol–water partition coefficient (Wildman–Crippen LogP) is 2.30. The van der Waals surface area contributed by atoms with Gasteiger partial charge in [0.2, 0.25) is 5.91 Å². The average molecular weight is 250 g/mol. The van der Waals surface area contributed by atoms with Gasteiger partial charge in [0.25, 0.3) is 0 Å². The van der Waals surface area contributed by atoms with Crippen LogP contribution in [0.5, 0.6) is 5.75 Å². The van der Waals surface area contributed by atoms with E-state index in [1.54, 1.807) is 6.07 Å². The quantitative estimate of drug-likeness (QED) is 0.596. The second kappa shape index (κ2) is 7.58. The number of nitrogens with two attached hydrogens (primary N) is 1. The molecule has 0 atom stereocenters. The van der Waals surface area contributed by atoms with Crippen molar-refractivity contribution >= 4 is 11.6 Å². The van der Waals surface area contributed by atoms with Crippen molar-refractivity contribution in [2.24, 2.45) is 0 Å². The summed E-state index contributed by atoms with van der Waals surface area (Å²) in [6.07, 6.45) is 1.26. The first-order chi connectivity index (χ1) is 8.67. The third-order valence-electron chi connectivity index (χ3n) is 2.78. The van der Waals surface area contributed by atoms with Gasteiger partial charge in [0.15, 0.2) is 0 Å². The zero-order valence-electron chi connectivity index (χ0n) is 11.2. The molecule has 0 heterocycles. The van der Waals surface area contributed by atoms with Crippen molar-refractivity contribution in [3.05, 3.63) is 24.3 Å². The standard InChI is InChI=1S/C14H22N2O2/c1-3-16(4-2)14(17)9-6-10-18-13-8-5-7-12(15)11-13/h5,7-8,11H,3-4,6,9-10,15H2,1-2H3. The fraction of sp³-hybridized carbons (Fsp3) is 0.500. The Hall–Kier alpha value is -1.71. The maximum Gasteiger partial charge on any atom is 0.222 e. The number of amides is 1. The molecular formula is C14H22N2O2. The molecule has 0 bridgehead atoms. The summed E-state index contributed by atoms with van der Waals surface area (Å²) in [4.78, 5) is 13.6. The van der Waals surface area contributed by atoms with Gasteiger partial charge in [-0.15, -0.1) is 0 Å². The highest BCUT2D eigenvalue weighted by Crippen LogP contribution is 2.14. The van der Waals surface area contributed by atoms with Gasteiger partial charge in [-0.25, -0.2) is 0 Å². The highest BCUT2D eigenvalue weighted by atomic mass is 16.5. The topological polar surface area (TPSA) is 55.6 Å². The van der Waals surface area contributed by atoms with Crippen LogP contribution < -0.4 is 10.5 Å². The third kappa shape index (κ3) is 4.65. The number of carbonyl (C=O) groups excluding carboxylic acids is 1. The Kier molecular flexibility index (Phi) is 6.05. The number of nitrogen functional groups attached to an aromatic ring is 1. The van der Waals surface area contributed by atoms with Gasteiger partial charge in [0.1, 0.15) is 5.75 Å². The van der Waals surface area contributed by atoms with E-state index in [1.165, 1.54) is 0 Å². The molecule has 18 heavy (non-hydrogen) atoms. The van der Waals surface area contributed by atoms with Crippen molar-refractivity contribution in [3.8, 4) is 5.75 Å². The van der Waals surface area contributed by atoms with Crippen LogP contribution >= 0.6 is 0 Å². The van der Waals surface area contributed by atoms with E-state index in [9.17, 15) is 4.79 Å². The lowest BCUT2D eigenvalue weighted by atomic mass is 10.2. The summed E-state index contributed by atoms with van der Waals surface area (Å²) < 4.78 is 5.53. The van der Waals surface area contributed by atoms with Crippen molar-refractivity contribution in [2.75, 3.05) is 25.4 Å². The molecule has 0 saturated carbocycles. The summed E-state index contributed by atoms with van der Waals surface area (Å²) in [5, 5.41) is 0. The van der Waals surface area contributed by atoms with Crippen LogP contribution in [0.2, 0.25) is 0 Å². The molecule has 0 fully saturated rings. The largest absolute Gasteiger partial charge is 0.494 e. The minimum atomic E-state index is 0.191. The number of hydrogen-bond donors (Lipinski definition) is 1. The lowest BCUT2D eigenvalue weighted by Gasteiger charge is -2.18. The predicted molar refractivity (Wildman–Crippen MR) is 73.5 cm³/mol. The SMILES string of the molecule is CCN(CC)C(=O)CCCOc1cccc(N)c1. The molecule has 4 nitrogen and oxygen atoms in total. The van der Waals surface area contributed by atoms with E-state index >= 15 is 0 Å². The highest BCUT2D eigenvalue weighted by Gasteiger charge is 2.08. The van der Waals surface area contributed by atoms with Crippen molar-refractivity contribution in [3.63, 3.8) is 0 Å². The molecule has 0 aliphatic heterocycles. The zero-order chi connectivity index (χ0) is 13.4. The van der Waals surface area contributed by atoms with E-state index in [0.29, 0.717) is 18.7 Å². The van der Waals surface area contributed by atoms with Gasteiger partial charge in [0.05, 0.1) is 6.61 Å². The van der Waals surface area contributed by atoms with Gasteiger partial charge in [-0.05, 0) is 32.4 Å². The molecule has 0 aliphatic rings. The molecule has 2 N–H and O–H groups in total. The van der Waals surface area contributed by atoms with Gasteiger partial charge in [-0.2, -0.15) is 0 Å². The summed E-state index contributed by atoms with van der Waals surface area (Å²) in [5.74, 6) is 0.946. The van der Waals surface area contributed by atoms with Crippen molar-refractivity contribution in [2.45, 2.75) is 26.7 Å². The number of hydrogen-bond acceptors (Lipinski definition) is 3. The van der Waals surface area contributed by atoms with E-state index in [2.05, 4.69) is 0 Å². The summed E-state index contributed by atoms with van der Waals surface area (Å²) in [7, 11) is 0. The van der Waals surface area contributed by atoms with E-state index in [-0.39, 0.29) is 5.91 Å². The molecular weight excluding hydrogens is 228 g/mol. The van der Waals surface area contributed by atoms with Crippen LogP contribution in [0.4, 0.5) is 5.69 Å². The molecule has 100 valence electrons. The average Bonchev–Trinajstić information content (AvgIpc) is 2.36. The molecule has 0 saturated heterocycles. The van der Waals surface area contributed by atoms with E-state index in [0.717, 1.165) is 25.3 Å². The molecule has 1 amide bonds. The fourth-order valence-corrected chi connectivity index (χ4v) is 1.75. The number of nitrogens with zero attached hydrogens (tertiary/aromatic N) is 1. The Balaban J connectivity index is 2.24. The summed E-state index contributed by atoms with van der Waals surface area (Å²) in [5.41, 5.74) is 6.33. The molecule has 4 heteroatoms. The second-order valence-electron chi connectivity index (χ2n) is 4.09. The zero-order valence-corrected chi connectivity index (χ0v) is 11.2. The molecule has 0 aromatic heterocycles. The van der Waals surface area contributed by atoms with E-state index < -0.39 is 0 Å². The molecule has 1 aromatic carbocycles. The molecule has 0 unspecified atom stereocenters. The van der Waals surface area contributed by atoms with Crippen molar-refractivity contribution in [1.82, 2.24) is 4.90 Å².